The van der Waals surface area contributed by atoms with E-state index in [-0.39, 0.29) is 6.04 Å². The monoisotopic (exact) mass is 198 g/mol. The van der Waals surface area contributed by atoms with Gasteiger partial charge in [0, 0.05) is 6.54 Å². The molecule has 15 heavy (non-hydrogen) atoms. The molecule has 1 aromatic carbocycles. The minimum Gasteiger partial charge on any atom is -0.288 e. The molecule has 76 valence electrons. The Kier molecular flexibility index (Phi) is 2.84. The highest BCUT2D eigenvalue weighted by Crippen LogP contribution is 2.23. The van der Waals surface area contributed by atoms with Crippen molar-refractivity contribution in [3.05, 3.63) is 42.0 Å². The predicted octanol–water partition coefficient (Wildman–Crippen LogP) is 2.30. The Morgan fingerprint density at radius 3 is 2.73 bits per heavy atom. The van der Waals surface area contributed by atoms with E-state index in [0.29, 0.717) is 0 Å². The van der Waals surface area contributed by atoms with Gasteiger partial charge in [-0.2, -0.15) is 5.26 Å². The van der Waals surface area contributed by atoms with Crippen LogP contribution in [0.3, 0.4) is 0 Å². The average Bonchev–Trinajstić information content (AvgIpc) is 2.31. The highest BCUT2D eigenvalue weighted by molar-refractivity contribution is 5.67. The Balaban J connectivity index is 2.29. The second kappa shape index (κ2) is 4.29. The van der Waals surface area contributed by atoms with E-state index in [2.05, 4.69) is 29.2 Å². The second-order valence-corrected chi connectivity index (χ2v) is 3.86. The summed E-state index contributed by atoms with van der Waals surface area (Å²) >= 11 is 0. The van der Waals surface area contributed by atoms with Crippen LogP contribution in [-0.4, -0.2) is 24.5 Å². The Morgan fingerprint density at radius 1 is 1.33 bits per heavy atom. The van der Waals surface area contributed by atoms with Crippen molar-refractivity contribution in [2.75, 3.05) is 13.6 Å². The summed E-state index contributed by atoms with van der Waals surface area (Å²) in [5.41, 5.74) is 2.53. The van der Waals surface area contributed by atoms with Gasteiger partial charge in [0.2, 0.25) is 0 Å². The first-order valence-electron chi connectivity index (χ1n) is 5.17. The largest absolute Gasteiger partial charge is 0.288 e. The highest BCUT2D eigenvalue weighted by atomic mass is 15.1. The van der Waals surface area contributed by atoms with Gasteiger partial charge < -0.3 is 0 Å². The number of likely N-dealkylation sites (N-methyl/N-ethyl adjacent to an activating group) is 1. The molecule has 0 bridgehead atoms. The first-order valence-corrected chi connectivity index (χ1v) is 5.17. The van der Waals surface area contributed by atoms with Crippen LogP contribution in [0.2, 0.25) is 0 Å². The molecule has 0 aliphatic carbocycles. The number of hydrogen-bond donors (Lipinski definition) is 0. The number of benzene rings is 1. The molecule has 0 fully saturated rings. The van der Waals surface area contributed by atoms with Crippen LogP contribution in [-0.2, 0) is 0 Å². The Hall–Kier alpha value is -1.59. The molecular formula is C13H14N2. The van der Waals surface area contributed by atoms with Crippen LogP contribution in [0.1, 0.15) is 12.0 Å². The van der Waals surface area contributed by atoms with E-state index in [1.807, 2.05) is 25.2 Å². The minimum atomic E-state index is -0.0750. The number of nitriles is 1. The van der Waals surface area contributed by atoms with Crippen LogP contribution in [0.15, 0.2) is 36.4 Å². The molecule has 0 N–H and O–H groups in total. The molecule has 1 heterocycles. The van der Waals surface area contributed by atoms with Crippen LogP contribution in [0.4, 0.5) is 0 Å². The lowest BCUT2D eigenvalue weighted by molar-refractivity contribution is 0.322. The molecule has 0 unspecified atom stereocenters. The van der Waals surface area contributed by atoms with Crippen molar-refractivity contribution in [1.82, 2.24) is 4.90 Å². The maximum atomic E-state index is 8.99. The average molecular weight is 198 g/mol. The van der Waals surface area contributed by atoms with Crippen molar-refractivity contribution in [1.29, 1.82) is 5.26 Å². The maximum absolute atomic E-state index is 8.99. The number of rotatable bonds is 1. The van der Waals surface area contributed by atoms with E-state index < -0.39 is 0 Å². The molecule has 0 saturated heterocycles. The standard InChI is InChI=1S/C13H14N2/c1-15-8-7-12(9-13(15)10-14)11-5-3-2-4-6-11/h2-6,9,13H,7-8H2,1H3/t13-/m1/s1. The smallest absolute Gasteiger partial charge is 0.117 e. The molecule has 1 aromatic rings. The van der Waals surface area contributed by atoms with Gasteiger partial charge in [0.1, 0.15) is 6.04 Å². The van der Waals surface area contributed by atoms with Crippen LogP contribution >= 0.6 is 0 Å². The van der Waals surface area contributed by atoms with Crippen molar-refractivity contribution in [2.24, 2.45) is 0 Å². The summed E-state index contributed by atoms with van der Waals surface area (Å²) in [4.78, 5) is 2.08. The third-order valence-electron chi connectivity index (χ3n) is 2.84. The molecule has 2 heteroatoms. The highest BCUT2D eigenvalue weighted by Gasteiger charge is 2.18. The van der Waals surface area contributed by atoms with Crippen LogP contribution in [0.5, 0.6) is 0 Å². The minimum absolute atomic E-state index is 0.0750. The quantitative estimate of drug-likeness (QED) is 0.692. The SMILES string of the molecule is CN1CCC(c2ccccc2)=C[C@@H]1C#N. The maximum Gasteiger partial charge on any atom is 0.117 e. The third-order valence-corrected chi connectivity index (χ3v) is 2.84. The number of hydrogen-bond acceptors (Lipinski definition) is 2. The summed E-state index contributed by atoms with van der Waals surface area (Å²) in [7, 11) is 1.99. The van der Waals surface area contributed by atoms with Gasteiger partial charge in [-0.15, -0.1) is 0 Å². The van der Waals surface area contributed by atoms with E-state index in [1.165, 1.54) is 11.1 Å². The first-order chi connectivity index (χ1) is 7.31. The predicted molar refractivity (Wildman–Crippen MR) is 61.1 cm³/mol. The molecule has 0 saturated carbocycles. The lowest BCUT2D eigenvalue weighted by atomic mass is 9.97. The summed E-state index contributed by atoms with van der Waals surface area (Å²) in [5, 5.41) is 8.99. The topological polar surface area (TPSA) is 27.0 Å². The summed E-state index contributed by atoms with van der Waals surface area (Å²) in [6, 6.07) is 12.5. The van der Waals surface area contributed by atoms with Gasteiger partial charge >= 0.3 is 0 Å². The zero-order valence-corrected chi connectivity index (χ0v) is 8.85. The van der Waals surface area contributed by atoms with Gasteiger partial charge in [0.15, 0.2) is 0 Å². The third kappa shape index (κ3) is 2.08. The second-order valence-electron chi connectivity index (χ2n) is 3.86. The fraction of sp³-hybridized carbons (Fsp3) is 0.308. The van der Waals surface area contributed by atoms with Gasteiger partial charge in [-0.3, -0.25) is 4.90 Å². The zero-order chi connectivity index (χ0) is 10.7. The summed E-state index contributed by atoms with van der Waals surface area (Å²) < 4.78 is 0. The van der Waals surface area contributed by atoms with E-state index >= 15 is 0 Å². The molecule has 2 nitrogen and oxygen atoms in total. The van der Waals surface area contributed by atoms with Crippen molar-refractivity contribution in [3.63, 3.8) is 0 Å². The van der Waals surface area contributed by atoms with E-state index in [0.717, 1.165) is 13.0 Å². The Bertz CT molecular complexity index is 400. The molecule has 0 amide bonds. The molecule has 1 aliphatic rings. The van der Waals surface area contributed by atoms with Gasteiger partial charge in [0.05, 0.1) is 6.07 Å². The summed E-state index contributed by atoms with van der Waals surface area (Å²) in [6.07, 6.45) is 3.09. The molecule has 1 atom stereocenters. The lowest BCUT2D eigenvalue weighted by Crippen LogP contribution is -2.33. The first kappa shape index (κ1) is 9.95. The van der Waals surface area contributed by atoms with E-state index in [4.69, 9.17) is 5.26 Å². The van der Waals surface area contributed by atoms with Crippen LogP contribution in [0.25, 0.3) is 5.57 Å². The van der Waals surface area contributed by atoms with Gasteiger partial charge in [-0.25, -0.2) is 0 Å². The van der Waals surface area contributed by atoms with Gasteiger partial charge in [0.25, 0.3) is 0 Å². The van der Waals surface area contributed by atoms with Crippen molar-refractivity contribution in [2.45, 2.75) is 12.5 Å². The zero-order valence-electron chi connectivity index (χ0n) is 8.85. The fourth-order valence-corrected chi connectivity index (χ4v) is 1.87. The number of nitrogens with zero attached hydrogens (tertiary/aromatic N) is 2. The van der Waals surface area contributed by atoms with Crippen molar-refractivity contribution in [3.8, 4) is 6.07 Å². The molecule has 0 spiro atoms. The van der Waals surface area contributed by atoms with Crippen molar-refractivity contribution < 1.29 is 0 Å². The van der Waals surface area contributed by atoms with Gasteiger partial charge in [-0.1, -0.05) is 30.3 Å². The molecule has 2 rings (SSSR count). The van der Waals surface area contributed by atoms with E-state index in [9.17, 15) is 0 Å². The van der Waals surface area contributed by atoms with Crippen LogP contribution < -0.4 is 0 Å². The van der Waals surface area contributed by atoms with E-state index in [1.54, 1.807) is 0 Å². The fourth-order valence-electron chi connectivity index (χ4n) is 1.87. The normalized spacial score (nSPS) is 21.9. The molecular weight excluding hydrogens is 184 g/mol. The van der Waals surface area contributed by atoms with Crippen LogP contribution in [0, 0.1) is 11.3 Å². The Morgan fingerprint density at radius 2 is 2.07 bits per heavy atom. The summed E-state index contributed by atoms with van der Waals surface area (Å²) in [6.45, 7) is 0.957. The lowest BCUT2D eigenvalue weighted by Gasteiger charge is -2.26. The van der Waals surface area contributed by atoms with Gasteiger partial charge in [-0.05, 0) is 30.7 Å². The molecule has 0 aromatic heterocycles. The molecule has 1 aliphatic heterocycles. The Labute approximate surface area is 90.4 Å². The molecule has 0 radical (unpaired) electrons. The summed E-state index contributed by atoms with van der Waals surface area (Å²) in [5.74, 6) is 0. The van der Waals surface area contributed by atoms with Crippen molar-refractivity contribution >= 4 is 5.57 Å².